The van der Waals surface area contributed by atoms with Crippen molar-refractivity contribution in [1.82, 2.24) is 0 Å². The molecule has 1 heterocycles. The lowest BCUT2D eigenvalue weighted by Crippen LogP contribution is -2.18. The van der Waals surface area contributed by atoms with Crippen LogP contribution in [0.25, 0.3) is 0 Å². The van der Waals surface area contributed by atoms with E-state index < -0.39 is 0 Å². The van der Waals surface area contributed by atoms with Crippen LogP contribution >= 0.6 is 0 Å². The van der Waals surface area contributed by atoms with Gasteiger partial charge in [-0.05, 0) is 38.1 Å². The van der Waals surface area contributed by atoms with E-state index in [0.717, 1.165) is 11.4 Å². The van der Waals surface area contributed by atoms with E-state index in [4.69, 9.17) is 14.2 Å². The van der Waals surface area contributed by atoms with Gasteiger partial charge in [-0.25, -0.2) is 0 Å². The fourth-order valence-corrected chi connectivity index (χ4v) is 2.62. The van der Waals surface area contributed by atoms with E-state index >= 15 is 0 Å². The molecule has 0 bridgehead atoms. The number of carbonyl (C=O) groups excluding carboxylic acids is 1. The Morgan fingerprint density at radius 1 is 1.12 bits per heavy atom. The molecule has 1 amide bonds. The molecule has 2 aromatic rings. The van der Waals surface area contributed by atoms with Gasteiger partial charge in [-0.15, -0.1) is 0 Å². The van der Waals surface area contributed by atoms with Crippen molar-refractivity contribution in [3.05, 3.63) is 42.5 Å². The van der Waals surface area contributed by atoms with Crippen LogP contribution in [-0.4, -0.2) is 31.8 Å². The zero-order valence-corrected chi connectivity index (χ0v) is 15.1. The summed E-state index contributed by atoms with van der Waals surface area (Å²) in [6, 6.07) is 13.1. The van der Waals surface area contributed by atoms with Crippen molar-refractivity contribution < 1.29 is 19.0 Å². The van der Waals surface area contributed by atoms with Crippen LogP contribution in [0.2, 0.25) is 0 Å². The summed E-state index contributed by atoms with van der Waals surface area (Å²) >= 11 is 0. The minimum absolute atomic E-state index is 0.0727. The van der Waals surface area contributed by atoms with E-state index in [1.165, 1.54) is 0 Å². The van der Waals surface area contributed by atoms with Crippen LogP contribution in [0.1, 0.15) is 20.3 Å². The quantitative estimate of drug-likeness (QED) is 0.792. The van der Waals surface area contributed by atoms with E-state index in [9.17, 15) is 4.79 Å². The molecule has 0 aromatic heterocycles. The van der Waals surface area contributed by atoms with Gasteiger partial charge in [-0.2, -0.15) is 0 Å². The smallest absolute Gasteiger partial charge is 0.226 e. The van der Waals surface area contributed by atoms with Crippen molar-refractivity contribution >= 4 is 17.3 Å². The number of fused-ring (bicyclic) bond motifs is 1. The fraction of sp³-hybridized carbons (Fsp3) is 0.350. The standard InChI is InChI=1S/C20H24N2O4/c1-14(2)26-17-6-4-3-5-16(17)21-10-9-20(23)22-15-7-8-18-19(13-15)25-12-11-24-18/h3-8,13-14,21H,9-12H2,1-2H3,(H,22,23). The number of nitrogens with one attached hydrogen (secondary N) is 2. The monoisotopic (exact) mass is 356 g/mol. The van der Waals surface area contributed by atoms with Crippen LogP contribution in [0.5, 0.6) is 17.2 Å². The van der Waals surface area contributed by atoms with E-state index in [0.29, 0.717) is 43.4 Å². The van der Waals surface area contributed by atoms with Crippen molar-refractivity contribution in [2.24, 2.45) is 0 Å². The highest BCUT2D eigenvalue weighted by molar-refractivity contribution is 5.91. The Kier molecular flexibility index (Phi) is 5.84. The largest absolute Gasteiger partial charge is 0.489 e. The SMILES string of the molecule is CC(C)Oc1ccccc1NCCC(=O)Nc1ccc2c(c1)OCCO2. The maximum atomic E-state index is 12.2. The molecule has 138 valence electrons. The minimum atomic E-state index is -0.0727. The van der Waals surface area contributed by atoms with Crippen molar-refractivity contribution in [3.8, 4) is 17.2 Å². The Bertz CT molecular complexity index is 761. The second kappa shape index (κ2) is 8.47. The zero-order valence-electron chi connectivity index (χ0n) is 15.1. The second-order valence-electron chi connectivity index (χ2n) is 6.25. The number of amides is 1. The molecule has 0 unspecified atom stereocenters. The Labute approximate surface area is 153 Å². The predicted molar refractivity (Wildman–Crippen MR) is 101 cm³/mol. The highest BCUT2D eigenvalue weighted by atomic mass is 16.6. The number of ether oxygens (including phenoxy) is 3. The summed E-state index contributed by atoms with van der Waals surface area (Å²) in [5.74, 6) is 2.08. The van der Waals surface area contributed by atoms with Crippen LogP contribution in [0.4, 0.5) is 11.4 Å². The molecule has 0 fully saturated rings. The van der Waals surface area contributed by atoms with Gasteiger partial charge < -0.3 is 24.8 Å². The van der Waals surface area contributed by atoms with Gasteiger partial charge in [-0.3, -0.25) is 4.79 Å². The second-order valence-corrected chi connectivity index (χ2v) is 6.25. The average molecular weight is 356 g/mol. The first-order chi connectivity index (χ1) is 12.6. The van der Waals surface area contributed by atoms with E-state index in [1.54, 1.807) is 6.07 Å². The predicted octanol–water partition coefficient (Wildman–Crippen LogP) is 3.69. The number of hydrogen-bond donors (Lipinski definition) is 2. The molecule has 0 aliphatic carbocycles. The van der Waals surface area contributed by atoms with Gasteiger partial charge in [0.15, 0.2) is 11.5 Å². The van der Waals surface area contributed by atoms with E-state index in [2.05, 4.69) is 10.6 Å². The average Bonchev–Trinajstić information content (AvgIpc) is 2.62. The van der Waals surface area contributed by atoms with Crippen LogP contribution in [0.15, 0.2) is 42.5 Å². The molecule has 2 N–H and O–H groups in total. The van der Waals surface area contributed by atoms with Crippen LogP contribution in [-0.2, 0) is 4.79 Å². The third-order valence-electron chi connectivity index (χ3n) is 3.74. The number of rotatable bonds is 7. The van der Waals surface area contributed by atoms with Crippen LogP contribution < -0.4 is 24.8 Å². The molecular weight excluding hydrogens is 332 g/mol. The summed E-state index contributed by atoms with van der Waals surface area (Å²) in [6.07, 6.45) is 0.432. The van der Waals surface area contributed by atoms with Gasteiger partial charge in [0.25, 0.3) is 0 Å². The van der Waals surface area contributed by atoms with Gasteiger partial charge in [-0.1, -0.05) is 12.1 Å². The maximum absolute atomic E-state index is 12.2. The molecule has 2 aromatic carbocycles. The molecular formula is C20H24N2O4. The lowest BCUT2D eigenvalue weighted by Gasteiger charge is -2.19. The van der Waals surface area contributed by atoms with Gasteiger partial charge in [0.1, 0.15) is 19.0 Å². The topological polar surface area (TPSA) is 68.8 Å². The number of carbonyl (C=O) groups is 1. The first-order valence-corrected chi connectivity index (χ1v) is 8.81. The maximum Gasteiger partial charge on any atom is 0.226 e. The molecule has 26 heavy (non-hydrogen) atoms. The lowest BCUT2D eigenvalue weighted by molar-refractivity contribution is -0.115. The summed E-state index contributed by atoms with van der Waals surface area (Å²) < 4.78 is 16.8. The summed E-state index contributed by atoms with van der Waals surface area (Å²) in [6.45, 7) is 5.54. The molecule has 6 nitrogen and oxygen atoms in total. The van der Waals surface area contributed by atoms with Gasteiger partial charge >= 0.3 is 0 Å². The van der Waals surface area contributed by atoms with E-state index in [1.807, 2.05) is 50.2 Å². The van der Waals surface area contributed by atoms with Crippen LogP contribution in [0.3, 0.4) is 0 Å². The number of benzene rings is 2. The first-order valence-electron chi connectivity index (χ1n) is 8.81. The molecule has 1 aliphatic heterocycles. The fourth-order valence-electron chi connectivity index (χ4n) is 2.62. The van der Waals surface area contributed by atoms with Gasteiger partial charge in [0.05, 0.1) is 11.8 Å². The Hall–Kier alpha value is -2.89. The first kappa shape index (κ1) is 17.9. The third-order valence-corrected chi connectivity index (χ3v) is 3.74. The van der Waals surface area contributed by atoms with Gasteiger partial charge in [0, 0.05) is 24.7 Å². The van der Waals surface area contributed by atoms with E-state index in [-0.39, 0.29) is 12.0 Å². The normalized spacial score (nSPS) is 12.6. The number of hydrogen-bond acceptors (Lipinski definition) is 5. The Morgan fingerprint density at radius 3 is 2.69 bits per heavy atom. The molecule has 6 heteroatoms. The number of anilines is 2. The molecule has 0 spiro atoms. The minimum Gasteiger partial charge on any atom is -0.489 e. The molecule has 1 aliphatic rings. The summed E-state index contributed by atoms with van der Waals surface area (Å²) in [5, 5.41) is 6.13. The van der Waals surface area contributed by atoms with Gasteiger partial charge in [0.2, 0.25) is 5.91 Å². The molecule has 0 atom stereocenters. The summed E-state index contributed by atoms with van der Waals surface area (Å²) in [7, 11) is 0. The molecule has 0 saturated heterocycles. The van der Waals surface area contributed by atoms with Crippen molar-refractivity contribution in [2.45, 2.75) is 26.4 Å². The zero-order chi connectivity index (χ0) is 18.4. The molecule has 0 radical (unpaired) electrons. The molecule has 0 saturated carbocycles. The number of para-hydroxylation sites is 2. The van der Waals surface area contributed by atoms with Crippen molar-refractivity contribution in [1.29, 1.82) is 0 Å². The molecule has 3 rings (SSSR count). The van der Waals surface area contributed by atoms with Crippen molar-refractivity contribution in [2.75, 3.05) is 30.4 Å². The van der Waals surface area contributed by atoms with Crippen LogP contribution in [0, 0.1) is 0 Å². The highest BCUT2D eigenvalue weighted by Crippen LogP contribution is 2.32. The van der Waals surface area contributed by atoms with Crippen molar-refractivity contribution in [3.63, 3.8) is 0 Å². The summed E-state index contributed by atoms with van der Waals surface area (Å²) in [5.41, 5.74) is 1.58. The summed E-state index contributed by atoms with van der Waals surface area (Å²) in [4.78, 5) is 12.2. The Balaban J connectivity index is 1.50. The lowest BCUT2D eigenvalue weighted by atomic mass is 10.2. The third kappa shape index (κ3) is 4.81. The highest BCUT2D eigenvalue weighted by Gasteiger charge is 2.13. The Morgan fingerprint density at radius 2 is 1.88 bits per heavy atom.